The molecule has 0 radical (unpaired) electrons. The summed E-state index contributed by atoms with van der Waals surface area (Å²) in [5.41, 5.74) is 5.50. The molecule has 0 aliphatic heterocycles. The summed E-state index contributed by atoms with van der Waals surface area (Å²) in [4.78, 5) is 0. The Balaban J connectivity index is 3.16. The zero-order valence-electron chi connectivity index (χ0n) is 9.99. The first-order valence-corrected chi connectivity index (χ1v) is 6.26. The van der Waals surface area contributed by atoms with Crippen LogP contribution >= 0.6 is 0 Å². The van der Waals surface area contributed by atoms with E-state index < -0.39 is 12.1 Å². The quantitative estimate of drug-likeness (QED) is 0.489. The molecule has 0 aromatic rings. The average Bonchev–Trinajstić information content (AvgIpc) is 2.26. The minimum atomic E-state index is -0.536. The lowest BCUT2D eigenvalue weighted by Crippen LogP contribution is -2.37. The third-order valence-electron chi connectivity index (χ3n) is 2.81. The molecule has 0 fully saturated rings. The highest BCUT2D eigenvalue weighted by atomic mass is 16.3. The molecule has 0 heterocycles. The maximum absolute atomic E-state index is 9.47. The van der Waals surface area contributed by atoms with Crippen LogP contribution in [0.15, 0.2) is 0 Å². The summed E-state index contributed by atoms with van der Waals surface area (Å²) in [5.74, 6) is 0. The number of nitrogens with two attached hydrogens (primary N) is 1. The topological polar surface area (TPSA) is 66.5 Å². The maximum atomic E-state index is 9.47. The van der Waals surface area contributed by atoms with Crippen LogP contribution in [0.2, 0.25) is 0 Å². The lowest BCUT2D eigenvalue weighted by atomic mass is 10.0. The van der Waals surface area contributed by atoms with Crippen molar-refractivity contribution in [3.05, 3.63) is 0 Å². The standard InChI is InChI=1S/C12H27NO2/c1-2-3-4-5-6-7-8-9-12(15)11(13)10-14/h11-12,14-15H,2-10,13H2,1H3/t11-,12-/m1/s1. The molecule has 0 saturated heterocycles. The highest BCUT2D eigenvalue weighted by Gasteiger charge is 2.12. The number of hydrogen-bond donors (Lipinski definition) is 3. The van der Waals surface area contributed by atoms with E-state index in [1.54, 1.807) is 0 Å². The van der Waals surface area contributed by atoms with Crippen molar-refractivity contribution >= 4 is 0 Å². The summed E-state index contributed by atoms with van der Waals surface area (Å²) in [7, 11) is 0. The van der Waals surface area contributed by atoms with Crippen molar-refractivity contribution < 1.29 is 10.2 Å². The molecule has 0 aliphatic carbocycles. The van der Waals surface area contributed by atoms with Crippen LogP contribution in [0.3, 0.4) is 0 Å². The average molecular weight is 217 g/mol. The summed E-state index contributed by atoms with van der Waals surface area (Å²) in [6.45, 7) is 2.09. The minimum Gasteiger partial charge on any atom is -0.395 e. The molecule has 92 valence electrons. The van der Waals surface area contributed by atoms with E-state index in [2.05, 4.69) is 6.92 Å². The summed E-state index contributed by atoms with van der Waals surface area (Å²) in [6.07, 6.45) is 8.86. The van der Waals surface area contributed by atoms with Crippen LogP contribution in [-0.2, 0) is 0 Å². The van der Waals surface area contributed by atoms with Gasteiger partial charge in [0, 0.05) is 0 Å². The monoisotopic (exact) mass is 217 g/mol. The summed E-state index contributed by atoms with van der Waals surface area (Å²) in [6, 6.07) is -0.468. The van der Waals surface area contributed by atoms with Crippen LogP contribution in [0.5, 0.6) is 0 Å². The predicted octanol–water partition coefficient (Wildman–Crippen LogP) is 1.81. The highest BCUT2D eigenvalue weighted by Crippen LogP contribution is 2.10. The van der Waals surface area contributed by atoms with E-state index in [0.717, 1.165) is 12.8 Å². The number of hydrogen-bond acceptors (Lipinski definition) is 3. The fraction of sp³-hybridized carbons (Fsp3) is 1.00. The van der Waals surface area contributed by atoms with Crippen LogP contribution < -0.4 is 5.73 Å². The molecular formula is C12H27NO2. The number of rotatable bonds is 10. The molecule has 15 heavy (non-hydrogen) atoms. The van der Waals surface area contributed by atoms with E-state index in [-0.39, 0.29) is 6.61 Å². The number of aliphatic hydroxyl groups is 2. The third-order valence-corrected chi connectivity index (χ3v) is 2.81. The Hall–Kier alpha value is -0.120. The Kier molecular flexibility index (Phi) is 10.3. The molecule has 0 unspecified atom stereocenters. The molecule has 3 heteroatoms. The molecule has 2 atom stereocenters. The molecule has 0 amide bonds. The van der Waals surface area contributed by atoms with Gasteiger partial charge in [0.05, 0.1) is 18.8 Å². The first-order valence-electron chi connectivity index (χ1n) is 6.26. The van der Waals surface area contributed by atoms with Crippen LogP contribution in [0.1, 0.15) is 58.3 Å². The van der Waals surface area contributed by atoms with Crippen molar-refractivity contribution in [1.29, 1.82) is 0 Å². The highest BCUT2D eigenvalue weighted by molar-refractivity contribution is 4.70. The second kappa shape index (κ2) is 10.4. The van der Waals surface area contributed by atoms with Gasteiger partial charge in [0.2, 0.25) is 0 Å². The van der Waals surface area contributed by atoms with Gasteiger partial charge in [-0.15, -0.1) is 0 Å². The molecular weight excluding hydrogens is 190 g/mol. The zero-order chi connectivity index (χ0) is 11.5. The second-order valence-corrected chi connectivity index (χ2v) is 4.32. The molecule has 0 aliphatic rings. The minimum absolute atomic E-state index is 0.127. The maximum Gasteiger partial charge on any atom is 0.0713 e. The van der Waals surface area contributed by atoms with E-state index in [4.69, 9.17) is 10.8 Å². The smallest absolute Gasteiger partial charge is 0.0713 e. The van der Waals surface area contributed by atoms with E-state index in [9.17, 15) is 5.11 Å². The summed E-state index contributed by atoms with van der Waals surface area (Å²) in [5, 5.41) is 18.2. The van der Waals surface area contributed by atoms with E-state index >= 15 is 0 Å². The SMILES string of the molecule is CCCCCCCCC[C@@H](O)[C@H](N)CO. The van der Waals surface area contributed by atoms with E-state index in [1.165, 1.54) is 38.5 Å². The zero-order valence-corrected chi connectivity index (χ0v) is 9.99. The lowest BCUT2D eigenvalue weighted by molar-refractivity contribution is 0.0990. The molecule has 3 nitrogen and oxygen atoms in total. The summed E-state index contributed by atoms with van der Waals surface area (Å²) >= 11 is 0. The Morgan fingerprint density at radius 2 is 1.53 bits per heavy atom. The first kappa shape index (κ1) is 14.9. The van der Waals surface area contributed by atoms with Gasteiger partial charge >= 0.3 is 0 Å². The Morgan fingerprint density at radius 1 is 1.00 bits per heavy atom. The van der Waals surface area contributed by atoms with Crippen LogP contribution in [0.25, 0.3) is 0 Å². The normalized spacial score (nSPS) is 15.2. The van der Waals surface area contributed by atoms with Crippen molar-refractivity contribution in [1.82, 2.24) is 0 Å². The lowest BCUT2D eigenvalue weighted by Gasteiger charge is -2.15. The molecule has 0 saturated carbocycles. The van der Waals surface area contributed by atoms with Gasteiger partial charge in [-0.25, -0.2) is 0 Å². The molecule has 0 rings (SSSR count). The van der Waals surface area contributed by atoms with Gasteiger partial charge in [0.1, 0.15) is 0 Å². The van der Waals surface area contributed by atoms with Gasteiger partial charge < -0.3 is 15.9 Å². The largest absolute Gasteiger partial charge is 0.395 e. The summed E-state index contributed by atoms with van der Waals surface area (Å²) < 4.78 is 0. The van der Waals surface area contributed by atoms with Crippen molar-refractivity contribution in [2.24, 2.45) is 5.73 Å². The van der Waals surface area contributed by atoms with Crippen LogP contribution in [0, 0.1) is 0 Å². The van der Waals surface area contributed by atoms with Gasteiger partial charge in [-0.1, -0.05) is 51.9 Å². The molecule has 0 bridgehead atoms. The van der Waals surface area contributed by atoms with Crippen molar-refractivity contribution in [3.8, 4) is 0 Å². The predicted molar refractivity (Wildman–Crippen MR) is 63.7 cm³/mol. The third kappa shape index (κ3) is 8.85. The molecule has 0 aromatic heterocycles. The first-order chi connectivity index (χ1) is 7.22. The van der Waals surface area contributed by atoms with Crippen LogP contribution in [-0.4, -0.2) is 29.0 Å². The Labute approximate surface area is 93.7 Å². The van der Waals surface area contributed by atoms with Gasteiger partial charge in [-0.05, 0) is 6.42 Å². The number of unbranched alkanes of at least 4 members (excludes halogenated alkanes) is 6. The van der Waals surface area contributed by atoms with Gasteiger partial charge in [0.15, 0.2) is 0 Å². The molecule has 0 spiro atoms. The molecule has 0 aromatic carbocycles. The molecule has 4 N–H and O–H groups in total. The fourth-order valence-corrected chi connectivity index (χ4v) is 1.65. The Morgan fingerprint density at radius 3 is 2.07 bits per heavy atom. The van der Waals surface area contributed by atoms with Crippen molar-refractivity contribution in [2.45, 2.75) is 70.4 Å². The van der Waals surface area contributed by atoms with Crippen molar-refractivity contribution in [2.75, 3.05) is 6.61 Å². The van der Waals surface area contributed by atoms with Crippen molar-refractivity contribution in [3.63, 3.8) is 0 Å². The number of aliphatic hydroxyl groups excluding tert-OH is 2. The Bertz CT molecular complexity index is 131. The van der Waals surface area contributed by atoms with Gasteiger partial charge in [-0.3, -0.25) is 0 Å². The van der Waals surface area contributed by atoms with E-state index in [1.807, 2.05) is 0 Å². The van der Waals surface area contributed by atoms with Gasteiger partial charge in [-0.2, -0.15) is 0 Å². The van der Waals surface area contributed by atoms with Crippen LogP contribution in [0.4, 0.5) is 0 Å². The van der Waals surface area contributed by atoms with Gasteiger partial charge in [0.25, 0.3) is 0 Å². The second-order valence-electron chi connectivity index (χ2n) is 4.32. The van der Waals surface area contributed by atoms with E-state index in [0.29, 0.717) is 0 Å². The fourth-order valence-electron chi connectivity index (χ4n) is 1.65.